The number of piperidine rings is 1. The molecule has 3 rings (SSSR count). The van der Waals surface area contributed by atoms with E-state index in [1.54, 1.807) is 4.90 Å². The van der Waals surface area contributed by atoms with E-state index in [0.29, 0.717) is 11.4 Å². The lowest BCUT2D eigenvalue weighted by Crippen LogP contribution is -2.44. The van der Waals surface area contributed by atoms with E-state index in [2.05, 4.69) is 0 Å². The summed E-state index contributed by atoms with van der Waals surface area (Å²) in [5.41, 5.74) is -0.475. The smallest absolute Gasteiger partial charge is 0.326 e. The SMILES string of the molecule is C[C@H]1CCCCN1C(=O)COC(=O)CN1C(=O)c2ccc([N+](=O)[O-])cc2C1=O. The van der Waals surface area contributed by atoms with Gasteiger partial charge in [0, 0.05) is 24.7 Å². The van der Waals surface area contributed by atoms with Gasteiger partial charge in [0.1, 0.15) is 6.54 Å². The first-order chi connectivity index (χ1) is 13.3. The van der Waals surface area contributed by atoms with Crippen LogP contribution in [0.15, 0.2) is 18.2 Å². The van der Waals surface area contributed by atoms with Crippen LogP contribution in [0.5, 0.6) is 0 Å². The molecule has 0 saturated carbocycles. The highest BCUT2D eigenvalue weighted by molar-refractivity contribution is 6.22. The molecule has 1 aromatic rings. The predicted octanol–water partition coefficient (Wildman–Crippen LogP) is 1.14. The number of carbonyl (C=O) groups is 4. The molecule has 3 amide bonds. The molecule has 0 bridgehead atoms. The first-order valence-corrected chi connectivity index (χ1v) is 8.89. The lowest BCUT2D eigenvalue weighted by Gasteiger charge is -2.33. The Morgan fingerprint density at radius 3 is 2.61 bits per heavy atom. The average Bonchev–Trinajstić information content (AvgIpc) is 2.91. The maximum Gasteiger partial charge on any atom is 0.326 e. The molecule has 148 valence electrons. The molecule has 2 aliphatic heterocycles. The minimum absolute atomic E-state index is 0.0124. The van der Waals surface area contributed by atoms with E-state index in [4.69, 9.17) is 4.74 Å². The molecule has 0 unspecified atom stereocenters. The van der Waals surface area contributed by atoms with E-state index in [1.165, 1.54) is 6.07 Å². The summed E-state index contributed by atoms with van der Waals surface area (Å²) >= 11 is 0. The molecule has 0 radical (unpaired) electrons. The summed E-state index contributed by atoms with van der Waals surface area (Å²) in [6, 6.07) is 3.37. The second kappa shape index (κ2) is 7.75. The highest BCUT2D eigenvalue weighted by Gasteiger charge is 2.38. The minimum atomic E-state index is -0.901. The van der Waals surface area contributed by atoms with Crippen LogP contribution in [0, 0.1) is 10.1 Å². The van der Waals surface area contributed by atoms with Crippen molar-refractivity contribution < 1.29 is 28.8 Å². The number of fused-ring (bicyclic) bond motifs is 1. The number of ether oxygens (including phenoxy) is 1. The Labute approximate surface area is 160 Å². The van der Waals surface area contributed by atoms with E-state index in [0.717, 1.165) is 31.4 Å². The molecular weight excluding hydrogens is 370 g/mol. The van der Waals surface area contributed by atoms with Crippen LogP contribution < -0.4 is 0 Å². The van der Waals surface area contributed by atoms with Gasteiger partial charge in [0.2, 0.25) is 0 Å². The Kier molecular flexibility index (Phi) is 5.39. The Morgan fingerprint density at radius 1 is 1.21 bits per heavy atom. The number of nitro groups is 1. The van der Waals surface area contributed by atoms with Gasteiger partial charge in [0.15, 0.2) is 6.61 Å². The molecule has 28 heavy (non-hydrogen) atoms. The quantitative estimate of drug-likeness (QED) is 0.320. The topological polar surface area (TPSA) is 127 Å². The Bertz CT molecular complexity index is 867. The molecule has 1 aromatic carbocycles. The molecule has 10 nitrogen and oxygen atoms in total. The van der Waals surface area contributed by atoms with Gasteiger partial charge in [-0.1, -0.05) is 0 Å². The van der Waals surface area contributed by atoms with Crippen molar-refractivity contribution in [1.29, 1.82) is 0 Å². The third kappa shape index (κ3) is 3.71. The standard InChI is InChI=1S/C18H19N3O7/c1-11-4-2-3-7-19(11)15(22)10-28-16(23)9-20-17(24)13-6-5-12(21(26)27)8-14(13)18(20)25/h5-6,8,11H,2-4,7,9-10H2,1H3/t11-/m0/s1. The monoisotopic (exact) mass is 389 g/mol. The van der Waals surface area contributed by atoms with E-state index < -0.39 is 35.9 Å². The number of esters is 1. The fourth-order valence-corrected chi connectivity index (χ4v) is 3.40. The zero-order valence-corrected chi connectivity index (χ0v) is 15.3. The number of imide groups is 1. The maximum absolute atomic E-state index is 12.3. The van der Waals surface area contributed by atoms with Crippen LogP contribution in [0.4, 0.5) is 5.69 Å². The van der Waals surface area contributed by atoms with Crippen molar-refractivity contribution in [2.24, 2.45) is 0 Å². The van der Waals surface area contributed by atoms with Crippen molar-refractivity contribution >= 4 is 29.4 Å². The molecule has 0 aromatic heterocycles. The number of benzene rings is 1. The van der Waals surface area contributed by atoms with Gasteiger partial charge in [0.25, 0.3) is 23.4 Å². The number of hydrogen-bond donors (Lipinski definition) is 0. The van der Waals surface area contributed by atoms with Gasteiger partial charge in [-0.05, 0) is 32.3 Å². The summed E-state index contributed by atoms with van der Waals surface area (Å²) in [7, 11) is 0. The first kappa shape index (κ1) is 19.5. The number of nitro benzene ring substituents is 1. The molecule has 0 aliphatic carbocycles. The van der Waals surface area contributed by atoms with Gasteiger partial charge in [-0.2, -0.15) is 0 Å². The van der Waals surface area contributed by atoms with E-state index in [-0.39, 0.29) is 28.8 Å². The van der Waals surface area contributed by atoms with Crippen molar-refractivity contribution in [3.05, 3.63) is 39.4 Å². The van der Waals surface area contributed by atoms with Crippen molar-refractivity contribution in [3.8, 4) is 0 Å². The largest absolute Gasteiger partial charge is 0.454 e. The lowest BCUT2D eigenvalue weighted by molar-refractivity contribution is -0.384. The normalized spacial score (nSPS) is 18.8. The number of rotatable bonds is 5. The summed E-state index contributed by atoms with van der Waals surface area (Å²) < 4.78 is 4.94. The van der Waals surface area contributed by atoms with Crippen molar-refractivity contribution in [2.75, 3.05) is 19.7 Å². The van der Waals surface area contributed by atoms with Gasteiger partial charge in [-0.15, -0.1) is 0 Å². The maximum atomic E-state index is 12.3. The third-order valence-electron chi connectivity index (χ3n) is 4.93. The first-order valence-electron chi connectivity index (χ1n) is 8.89. The summed E-state index contributed by atoms with van der Waals surface area (Å²) in [6.07, 6.45) is 2.83. The van der Waals surface area contributed by atoms with Crippen molar-refractivity contribution in [1.82, 2.24) is 9.80 Å². The zero-order chi connectivity index (χ0) is 20.4. The molecule has 2 aliphatic rings. The number of likely N-dealkylation sites (tertiary alicyclic amines) is 1. The summed E-state index contributed by atoms with van der Waals surface area (Å²) in [5, 5.41) is 10.8. The molecule has 1 atom stereocenters. The number of nitrogens with zero attached hydrogens (tertiary/aromatic N) is 3. The number of amides is 3. The van der Waals surface area contributed by atoms with Crippen LogP contribution in [0.1, 0.15) is 46.9 Å². The highest BCUT2D eigenvalue weighted by Crippen LogP contribution is 2.26. The van der Waals surface area contributed by atoms with Gasteiger partial charge >= 0.3 is 5.97 Å². The second-order valence-electron chi connectivity index (χ2n) is 6.78. The van der Waals surface area contributed by atoms with Crippen LogP contribution in [-0.2, 0) is 14.3 Å². The third-order valence-corrected chi connectivity index (χ3v) is 4.93. The fourth-order valence-electron chi connectivity index (χ4n) is 3.40. The molecule has 1 saturated heterocycles. The van der Waals surface area contributed by atoms with Crippen molar-refractivity contribution in [3.63, 3.8) is 0 Å². The molecular formula is C18H19N3O7. The molecule has 0 spiro atoms. The Morgan fingerprint density at radius 2 is 1.93 bits per heavy atom. The Hall–Kier alpha value is -3.30. The van der Waals surface area contributed by atoms with E-state index >= 15 is 0 Å². The summed E-state index contributed by atoms with van der Waals surface area (Å²) in [6.45, 7) is 1.41. The minimum Gasteiger partial charge on any atom is -0.454 e. The van der Waals surface area contributed by atoms with Crippen LogP contribution >= 0.6 is 0 Å². The molecule has 0 N–H and O–H groups in total. The van der Waals surface area contributed by atoms with Crippen LogP contribution in [0.3, 0.4) is 0 Å². The van der Waals surface area contributed by atoms with E-state index in [9.17, 15) is 29.3 Å². The number of hydrogen-bond acceptors (Lipinski definition) is 7. The summed E-state index contributed by atoms with van der Waals surface area (Å²) in [5.74, 6) is -2.76. The lowest BCUT2D eigenvalue weighted by atomic mass is 10.0. The van der Waals surface area contributed by atoms with Crippen LogP contribution in [0.2, 0.25) is 0 Å². The average molecular weight is 389 g/mol. The zero-order valence-electron chi connectivity index (χ0n) is 15.3. The molecule has 1 fully saturated rings. The van der Waals surface area contributed by atoms with Gasteiger partial charge in [-0.3, -0.25) is 34.2 Å². The van der Waals surface area contributed by atoms with Crippen molar-refractivity contribution in [2.45, 2.75) is 32.2 Å². The number of non-ortho nitro benzene ring substituents is 1. The molecule has 10 heteroatoms. The Balaban J connectivity index is 1.60. The van der Waals surface area contributed by atoms with Crippen LogP contribution in [-0.4, -0.2) is 64.2 Å². The fraction of sp³-hybridized carbons (Fsp3) is 0.444. The summed E-state index contributed by atoms with van der Waals surface area (Å²) in [4.78, 5) is 61.4. The van der Waals surface area contributed by atoms with Gasteiger partial charge < -0.3 is 9.64 Å². The highest BCUT2D eigenvalue weighted by atomic mass is 16.6. The van der Waals surface area contributed by atoms with Gasteiger partial charge in [-0.25, -0.2) is 0 Å². The molecule has 2 heterocycles. The van der Waals surface area contributed by atoms with Crippen LogP contribution in [0.25, 0.3) is 0 Å². The number of carbonyl (C=O) groups excluding carboxylic acids is 4. The van der Waals surface area contributed by atoms with Gasteiger partial charge in [0.05, 0.1) is 16.1 Å². The second-order valence-corrected chi connectivity index (χ2v) is 6.78. The van der Waals surface area contributed by atoms with E-state index in [1.807, 2.05) is 6.92 Å². The predicted molar refractivity (Wildman–Crippen MR) is 94.4 cm³/mol.